The van der Waals surface area contributed by atoms with Crippen molar-refractivity contribution in [3.63, 3.8) is 0 Å². The Morgan fingerprint density at radius 2 is 2.46 bits per heavy atom. The zero-order valence-electron chi connectivity index (χ0n) is 7.92. The van der Waals surface area contributed by atoms with Gasteiger partial charge in [0.2, 0.25) is 0 Å². The van der Waals surface area contributed by atoms with Crippen LogP contribution in [0.5, 0.6) is 0 Å². The molecular formula is C10H15NO2. The highest BCUT2D eigenvalue weighted by Gasteiger charge is 2.26. The average Bonchev–Trinajstić information content (AvgIpc) is 2.54. The van der Waals surface area contributed by atoms with Crippen LogP contribution in [0.1, 0.15) is 26.2 Å². The van der Waals surface area contributed by atoms with Crippen LogP contribution in [0.2, 0.25) is 0 Å². The lowest BCUT2D eigenvalue weighted by Crippen LogP contribution is -2.35. The Hall–Kier alpha value is -1.01. The molecule has 1 unspecified atom stereocenters. The third-order valence-corrected chi connectivity index (χ3v) is 2.33. The Balaban J connectivity index is 2.55. The molecule has 0 aromatic heterocycles. The summed E-state index contributed by atoms with van der Waals surface area (Å²) in [5.74, 6) is 5.04. The van der Waals surface area contributed by atoms with E-state index in [1.165, 1.54) is 0 Å². The molecule has 0 spiro atoms. The molecule has 0 aromatic carbocycles. The Morgan fingerprint density at radius 3 is 3.08 bits per heavy atom. The van der Waals surface area contributed by atoms with Gasteiger partial charge in [-0.25, -0.2) is 0 Å². The molecule has 0 saturated carbocycles. The summed E-state index contributed by atoms with van der Waals surface area (Å²) in [6, 6.07) is 0.207. The number of carbonyl (C=O) groups is 1. The highest BCUT2D eigenvalue weighted by molar-refractivity contribution is 5.93. The van der Waals surface area contributed by atoms with Gasteiger partial charge < -0.3 is 10.0 Å². The minimum Gasteiger partial charge on any atom is -0.396 e. The largest absolute Gasteiger partial charge is 0.396 e. The maximum atomic E-state index is 11.4. The van der Waals surface area contributed by atoms with Crippen molar-refractivity contribution in [3.05, 3.63) is 0 Å². The van der Waals surface area contributed by atoms with Crippen molar-refractivity contribution in [2.45, 2.75) is 32.2 Å². The topological polar surface area (TPSA) is 40.5 Å². The SMILES string of the molecule is CC#CC(=O)N1CCCC1CCO. The number of aliphatic hydroxyl groups is 1. The summed E-state index contributed by atoms with van der Waals surface area (Å²) >= 11 is 0. The lowest BCUT2D eigenvalue weighted by Gasteiger charge is -2.21. The fourth-order valence-electron chi connectivity index (χ4n) is 1.73. The van der Waals surface area contributed by atoms with Gasteiger partial charge in [-0.2, -0.15) is 0 Å². The smallest absolute Gasteiger partial charge is 0.298 e. The number of nitrogens with zero attached hydrogens (tertiary/aromatic N) is 1. The average molecular weight is 181 g/mol. The van der Waals surface area contributed by atoms with Crippen LogP contribution < -0.4 is 0 Å². The van der Waals surface area contributed by atoms with Crippen LogP contribution in [0.3, 0.4) is 0 Å². The van der Waals surface area contributed by atoms with Crippen molar-refractivity contribution in [2.24, 2.45) is 0 Å². The first-order chi connectivity index (χ1) is 6.29. The van der Waals surface area contributed by atoms with Gasteiger partial charge in [0.1, 0.15) is 0 Å². The molecule has 1 N–H and O–H groups in total. The van der Waals surface area contributed by atoms with Crippen LogP contribution in [0.4, 0.5) is 0 Å². The van der Waals surface area contributed by atoms with Gasteiger partial charge in [0.05, 0.1) is 0 Å². The van der Waals surface area contributed by atoms with E-state index < -0.39 is 0 Å². The van der Waals surface area contributed by atoms with Crippen molar-refractivity contribution in [2.75, 3.05) is 13.2 Å². The Bertz CT molecular complexity index is 239. The van der Waals surface area contributed by atoms with Gasteiger partial charge in [-0.1, -0.05) is 5.92 Å². The summed E-state index contributed by atoms with van der Waals surface area (Å²) in [5, 5.41) is 8.78. The molecule has 1 heterocycles. The maximum Gasteiger partial charge on any atom is 0.298 e. The molecule has 0 aromatic rings. The van der Waals surface area contributed by atoms with Crippen molar-refractivity contribution in [3.8, 4) is 11.8 Å². The number of aliphatic hydroxyl groups excluding tert-OH is 1. The maximum absolute atomic E-state index is 11.4. The third-order valence-electron chi connectivity index (χ3n) is 2.33. The van der Waals surface area contributed by atoms with Crippen molar-refractivity contribution in [1.82, 2.24) is 4.90 Å². The molecule has 0 bridgehead atoms. The first kappa shape index (κ1) is 10.1. The van der Waals surface area contributed by atoms with E-state index >= 15 is 0 Å². The summed E-state index contributed by atoms with van der Waals surface area (Å²) in [6.45, 7) is 2.60. The molecule has 1 rings (SSSR count). The second-order valence-corrected chi connectivity index (χ2v) is 3.18. The number of likely N-dealkylation sites (tertiary alicyclic amines) is 1. The lowest BCUT2D eigenvalue weighted by molar-refractivity contribution is -0.126. The number of carbonyl (C=O) groups excluding carboxylic acids is 1. The predicted molar refractivity (Wildman–Crippen MR) is 49.9 cm³/mol. The first-order valence-corrected chi connectivity index (χ1v) is 4.63. The van der Waals surface area contributed by atoms with Gasteiger partial charge in [-0.15, -0.1) is 0 Å². The Morgan fingerprint density at radius 1 is 1.69 bits per heavy atom. The first-order valence-electron chi connectivity index (χ1n) is 4.63. The molecule has 72 valence electrons. The number of rotatable bonds is 2. The zero-order chi connectivity index (χ0) is 9.68. The van der Waals surface area contributed by atoms with Gasteiger partial charge >= 0.3 is 0 Å². The van der Waals surface area contributed by atoms with Crippen LogP contribution in [-0.2, 0) is 4.79 Å². The van der Waals surface area contributed by atoms with Crippen LogP contribution in [0.25, 0.3) is 0 Å². The molecule has 3 nitrogen and oxygen atoms in total. The van der Waals surface area contributed by atoms with Gasteiger partial charge in [0.15, 0.2) is 0 Å². The van der Waals surface area contributed by atoms with E-state index in [1.807, 2.05) is 0 Å². The summed E-state index contributed by atoms with van der Waals surface area (Å²) in [5.41, 5.74) is 0. The molecule has 0 aliphatic carbocycles. The van der Waals surface area contributed by atoms with E-state index in [1.54, 1.807) is 11.8 Å². The van der Waals surface area contributed by atoms with E-state index in [2.05, 4.69) is 11.8 Å². The fraction of sp³-hybridized carbons (Fsp3) is 0.700. The van der Waals surface area contributed by atoms with E-state index in [4.69, 9.17) is 5.11 Å². The van der Waals surface area contributed by atoms with Crippen LogP contribution >= 0.6 is 0 Å². The molecule has 13 heavy (non-hydrogen) atoms. The molecule has 0 radical (unpaired) electrons. The summed E-state index contributed by atoms with van der Waals surface area (Å²) < 4.78 is 0. The van der Waals surface area contributed by atoms with E-state index in [0.29, 0.717) is 6.42 Å². The quantitative estimate of drug-likeness (QED) is 0.626. The molecule has 3 heteroatoms. The second-order valence-electron chi connectivity index (χ2n) is 3.18. The number of amides is 1. The summed E-state index contributed by atoms with van der Waals surface area (Å²) in [7, 11) is 0. The molecule has 1 aliphatic rings. The van der Waals surface area contributed by atoms with Crippen molar-refractivity contribution in [1.29, 1.82) is 0 Å². The molecule has 1 saturated heterocycles. The minimum atomic E-state index is -0.0987. The van der Waals surface area contributed by atoms with Crippen molar-refractivity contribution >= 4 is 5.91 Å². The molecule has 1 aliphatic heterocycles. The van der Waals surface area contributed by atoms with Crippen molar-refractivity contribution < 1.29 is 9.90 Å². The monoisotopic (exact) mass is 181 g/mol. The predicted octanol–water partition coefficient (Wildman–Crippen LogP) is 0.383. The second kappa shape index (κ2) is 4.88. The molecule has 1 amide bonds. The lowest BCUT2D eigenvalue weighted by atomic mass is 10.1. The normalized spacial score (nSPS) is 21.1. The van der Waals surface area contributed by atoms with E-state index in [9.17, 15) is 4.79 Å². The van der Waals surface area contributed by atoms with Crippen LogP contribution in [0.15, 0.2) is 0 Å². The van der Waals surface area contributed by atoms with E-state index in [0.717, 1.165) is 19.4 Å². The fourth-order valence-corrected chi connectivity index (χ4v) is 1.73. The van der Waals surface area contributed by atoms with E-state index in [-0.39, 0.29) is 18.6 Å². The number of hydrogen-bond donors (Lipinski definition) is 1. The molecule has 1 atom stereocenters. The van der Waals surface area contributed by atoms with Gasteiger partial charge in [0, 0.05) is 19.2 Å². The van der Waals surface area contributed by atoms with Gasteiger partial charge in [-0.3, -0.25) is 4.79 Å². The zero-order valence-corrected chi connectivity index (χ0v) is 7.92. The number of hydrogen-bond acceptors (Lipinski definition) is 2. The van der Waals surface area contributed by atoms with Gasteiger partial charge in [0.25, 0.3) is 5.91 Å². The molecule has 1 fully saturated rings. The summed E-state index contributed by atoms with van der Waals surface area (Å²) in [4.78, 5) is 13.2. The summed E-state index contributed by atoms with van der Waals surface area (Å²) in [6.07, 6.45) is 2.70. The Kier molecular flexibility index (Phi) is 3.78. The van der Waals surface area contributed by atoms with Crippen LogP contribution in [0, 0.1) is 11.8 Å². The minimum absolute atomic E-state index is 0.0987. The molecular weight excluding hydrogens is 166 g/mol. The van der Waals surface area contributed by atoms with Gasteiger partial charge in [-0.05, 0) is 32.1 Å². The third kappa shape index (κ3) is 2.46. The Labute approximate surface area is 78.7 Å². The standard InChI is InChI=1S/C10H15NO2/c1-2-4-10(13)11-7-3-5-9(11)6-8-12/h9,12H,3,5-8H2,1H3. The highest BCUT2D eigenvalue weighted by atomic mass is 16.3. The van der Waals surface area contributed by atoms with Crippen LogP contribution in [-0.4, -0.2) is 35.1 Å². The highest BCUT2D eigenvalue weighted by Crippen LogP contribution is 2.19.